The zero-order valence-electron chi connectivity index (χ0n) is 17.1. The molecule has 1 aromatic carbocycles. The molecule has 0 N–H and O–H groups in total. The van der Waals surface area contributed by atoms with Crippen LogP contribution in [-0.2, 0) is 16.1 Å². The Bertz CT molecular complexity index is 617. The highest BCUT2D eigenvalue weighted by atomic mass is 16.6. The van der Waals surface area contributed by atoms with Gasteiger partial charge in [-0.2, -0.15) is 0 Å². The van der Waals surface area contributed by atoms with Crippen LogP contribution < -0.4 is 0 Å². The third-order valence-electron chi connectivity index (χ3n) is 4.48. The van der Waals surface area contributed by atoms with Gasteiger partial charge in [0.1, 0.15) is 12.2 Å². The molecule has 2 amide bonds. The second-order valence-electron chi connectivity index (χ2n) is 8.24. The van der Waals surface area contributed by atoms with Crippen LogP contribution in [0.15, 0.2) is 30.3 Å². The molecule has 1 saturated heterocycles. The van der Waals surface area contributed by atoms with Gasteiger partial charge in [0.15, 0.2) is 0 Å². The molecule has 1 aliphatic heterocycles. The third-order valence-corrected chi connectivity index (χ3v) is 4.48. The fourth-order valence-corrected chi connectivity index (χ4v) is 3.23. The van der Waals surface area contributed by atoms with Crippen molar-refractivity contribution in [3.63, 3.8) is 0 Å². The quantitative estimate of drug-likeness (QED) is 0.780. The van der Waals surface area contributed by atoms with Crippen molar-refractivity contribution in [2.45, 2.75) is 71.8 Å². The smallest absolute Gasteiger partial charge is 0.410 e. The Balaban J connectivity index is 1.86. The number of likely N-dealkylation sites (tertiary alicyclic amines) is 1. The minimum absolute atomic E-state index is 0.0430. The average molecular weight is 376 g/mol. The molecule has 150 valence electrons. The van der Waals surface area contributed by atoms with Crippen molar-refractivity contribution in [2.24, 2.45) is 0 Å². The minimum Gasteiger partial charge on any atom is -0.445 e. The summed E-state index contributed by atoms with van der Waals surface area (Å²) in [5.41, 5.74) is 0.447. The highest BCUT2D eigenvalue weighted by molar-refractivity contribution is 5.69. The van der Waals surface area contributed by atoms with Crippen molar-refractivity contribution < 1.29 is 19.1 Å². The summed E-state index contributed by atoms with van der Waals surface area (Å²) in [6, 6.07) is 9.75. The van der Waals surface area contributed by atoms with Crippen molar-refractivity contribution in [2.75, 3.05) is 13.1 Å². The van der Waals surface area contributed by atoms with E-state index in [4.69, 9.17) is 9.47 Å². The molecule has 1 aliphatic rings. The molecule has 2 rings (SSSR count). The first-order chi connectivity index (χ1) is 12.7. The molecule has 0 unspecified atom stereocenters. The van der Waals surface area contributed by atoms with Gasteiger partial charge in [-0.1, -0.05) is 30.3 Å². The van der Waals surface area contributed by atoms with Gasteiger partial charge in [-0.3, -0.25) is 0 Å². The van der Waals surface area contributed by atoms with Gasteiger partial charge >= 0.3 is 12.2 Å². The van der Waals surface area contributed by atoms with Gasteiger partial charge in [-0.25, -0.2) is 9.59 Å². The Morgan fingerprint density at radius 3 is 2.26 bits per heavy atom. The van der Waals surface area contributed by atoms with E-state index >= 15 is 0 Å². The lowest BCUT2D eigenvalue weighted by Gasteiger charge is -2.40. The first-order valence-electron chi connectivity index (χ1n) is 9.64. The van der Waals surface area contributed by atoms with E-state index in [-0.39, 0.29) is 30.9 Å². The number of ether oxygens (including phenoxy) is 2. The van der Waals surface area contributed by atoms with E-state index in [0.717, 1.165) is 18.4 Å². The predicted octanol–water partition coefficient (Wildman–Crippen LogP) is 4.43. The van der Waals surface area contributed by atoms with E-state index in [1.807, 2.05) is 65.0 Å². The number of hydrogen-bond acceptors (Lipinski definition) is 4. The third kappa shape index (κ3) is 6.45. The first-order valence-corrected chi connectivity index (χ1v) is 9.64. The molecule has 1 aromatic rings. The number of hydrogen-bond donors (Lipinski definition) is 0. The van der Waals surface area contributed by atoms with Gasteiger partial charge in [0.2, 0.25) is 0 Å². The standard InChI is InChI=1S/C21H32N2O4/c1-16(2)23(20(25)27-21(3,4)5)18-11-13-22(14-12-18)19(24)26-15-17-9-7-6-8-10-17/h6-10,16,18H,11-15H2,1-5H3. The van der Waals surface area contributed by atoms with E-state index in [1.54, 1.807) is 9.80 Å². The van der Waals surface area contributed by atoms with Gasteiger partial charge in [0.25, 0.3) is 0 Å². The summed E-state index contributed by atoms with van der Waals surface area (Å²) in [6.07, 6.45) is 0.851. The van der Waals surface area contributed by atoms with Crippen molar-refractivity contribution in [3.05, 3.63) is 35.9 Å². The van der Waals surface area contributed by atoms with Crippen LogP contribution in [0.4, 0.5) is 9.59 Å². The summed E-state index contributed by atoms with van der Waals surface area (Å²) in [5, 5.41) is 0. The maximum Gasteiger partial charge on any atom is 0.410 e. The van der Waals surface area contributed by atoms with E-state index in [2.05, 4.69) is 0 Å². The topological polar surface area (TPSA) is 59.1 Å². The second-order valence-corrected chi connectivity index (χ2v) is 8.24. The molecule has 1 heterocycles. The summed E-state index contributed by atoms with van der Waals surface area (Å²) in [7, 11) is 0. The number of nitrogens with zero attached hydrogens (tertiary/aromatic N) is 2. The largest absolute Gasteiger partial charge is 0.445 e. The van der Waals surface area contributed by atoms with E-state index in [9.17, 15) is 9.59 Å². The van der Waals surface area contributed by atoms with Crippen molar-refractivity contribution in [1.29, 1.82) is 0 Å². The monoisotopic (exact) mass is 376 g/mol. The average Bonchev–Trinajstić information content (AvgIpc) is 2.59. The maximum absolute atomic E-state index is 12.6. The molecule has 6 heteroatoms. The predicted molar refractivity (Wildman–Crippen MR) is 104 cm³/mol. The lowest BCUT2D eigenvalue weighted by Crippen LogP contribution is -2.52. The summed E-state index contributed by atoms with van der Waals surface area (Å²) >= 11 is 0. The Labute approximate surface area is 162 Å². The van der Waals surface area contributed by atoms with Crippen LogP contribution in [-0.4, -0.2) is 52.8 Å². The molecule has 0 saturated carbocycles. The molecule has 0 radical (unpaired) electrons. The van der Waals surface area contributed by atoms with Gasteiger partial charge in [0.05, 0.1) is 0 Å². The van der Waals surface area contributed by atoms with Crippen molar-refractivity contribution in [1.82, 2.24) is 9.80 Å². The van der Waals surface area contributed by atoms with Gasteiger partial charge < -0.3 is 19.3 Å². The van der Waals surface area contributed by atoms with E-state index < -0.39 is 5.60 Å². The maximum atomic E-state index is 12.6. The molecule has 0 atom stereocenters. The summed E-state index contributed by atoms with van der Waals surface area (Å²) in [6.45, 7) is 11.0. The van der Waals surface area contributed by atoms with E-state index in [1.165, 1.54) is 0 Å². The first kappa shape index (κ1) is 21.1. The highest BCUT2D eigenvalue weighted by Crippen LogP contribution is 2.22. The number of amides is 2. The molecule has 6 nitrogen and oxygen atoms in total. The van der Waals surface area contributed by atoms with Gasteiger partial charge in [-0.05, 0) is 53.0 Å². The Kier molecular flexibility index (Phi) is 7.11. The molecule has 0 aromatic heterocycles. The van der Waals surface area contributed by atoms with Crippen LogP contribution >= 0.6 is 0 Å². The van der Waals surface area contributed by atoms with Gasteiger partial charge in [-0.15, -0.1) is 0 Å². The van der Waals surface area contributed by atoms with Crippen molar-refractivity contribution >= 4 is 12.2 Å². The van der Waals surface area contributed by atoms with Crippen LogP contribution in [0.25, 0.3) is 0 Å². The van der Waals surface area contributed by atoms with Crippen LogP contribution in [0.5, 0.6) is 0 Å². The molecular formula is C21H32N2O4. The fourth-order valence-electron chi connectivity index (χ4n) is 3.23. The number of carbonyl (C=O) groups is 2. The zero-order chi connectivity index (χ0) is 20.0. The SMILES string of the molecule is CC(C)N(C(=O)OC(C)(C)C)C1CCN(C(=O)OCc2ccccc2)CC1. The van der Waals surface area contributed by atoms with Crippen LogP contribution in [0.1, 0.15) is 53.0 Å². The Morgan fingerprint density at radius 1 is 1.15 bits per heavy atom. The fraction of sp³-hybridized carbons (Fsp3) is 0.619. The second kappa shape index (κ2) is 9.11. The minimum atomic E-state index is -0.522. The van der Waals surface area contributed by atoms with Gasteiger partial charge in [0, 0.05) is 25.2 Å². The molecule has 0 bridgehead atoms. The summed E-state index contributed by atoms with van der Waals surface area (Å²) in [5.74, 6) is 0. The molecular weight excluding hydrogens is 344 g/mol. The summed E-state index contributed by atoms with van der Waals surface area (Å²) < 4.78 is 11.0. The number of benzene rings is 1. The lowest BCUT2D eigenvalue weighted by molar-refractivity contribution is -0.000397. The molecule has 0 aliphatic carbocycles. The zero-order valence-corrected chi connectivity index (χ0v) is 17.1. The Hall–Kier alpha value is -2.24. The number of rotatable bonds is 4. The van der Waals surface area contributed by atoms with E-state index in [0.29, 0.717) is 13.1 Å². The lowest BCUT2D eigenvalue weighted by atomic mass is 10.0. The summed E-state index contributed by atoms with van der Waals surface area (Å²) in [4.78, 5) is 28.4. The number of carbonyl (C=O) groups excluding carboxylic acids is 2. The Morgan fingerprint density at radius 2 is 1.74 bits per heavy atom. The van der Waals surface area contributed by atoms with Crippen LogP contribution in [0.2, 0.25) is 0 Å². The number of piperidine rings is 1. The normalized spacial score (nSPS) is 15.6. The molecule has 0 spiro atoms. The molecule has 27 heavy (non-hydrogen) atoms. The van der Waals surface area contributed by atoms with Crippen LogP contribution in [0.3, 0.4) is 0 Å². The van der Waals surface area contributed by atoms with Crippen LogP contribution in [0, 0.1) is 0 Å². The van der Waals surface area contributed by atoms with Crippen molar-refractivity contribution in [3.8, 4) is 0 Å². The molecule has 1 fully saturated rings. The highest BCUT2D eigenvalue weighted by Gasteiger charge is 2.34.